The van der Waals surface area contributed by atoms with E-state index in [1.807, 2.05) is 19.1 Å². The molecule has 5 nitrogen and oxygen atoms in total. The number of aryl methyl sites for hydroxylation is 1. The normalized spacial score (nSPS) is 10.3. The second-order valence-corrected chi connectivity index (χ2v) is 6.23. The maximum atomic E-state index is 13.8. The summed E-state index contributed by atoms with van der Waals surface area (Å²) in [6.07, 6.45) is 0. The molecule has 29 heavy (non-hydrogen) atoms. The maximum absolute atomic E-state index is 13.8. The first-order chi connectivity index (χ1) is 13.9. The van der Waals surface area contributed by atoms with Crippen molar-refractivity contribution in [1.82, 2.24) is 0 Å². The van der Waals surface area contributed by atoms with Gasteiger partial charge >= 0.3 is 0 Å². The van der Waals surface area contributed by atoms with E-state index >= 15 is 0 Å². The molecule has 0 atom stereocenters. The molecule has 3 aromatic rings. The molecule has 0 radical (unpaired) electrons. The van der Waals surface area contributed by atoms with Crippen molar-refractivity contribution in [2.45, 2.75) is 6.92 Å². The van der Waals surface area contributed by atoms with Crippen molar-refractivity contribution in [3.63, 3.8) is 0 Å². The Morgan fingerprint density at radius 3 is 2.21 bits per heavy atom. The summed E-state index contributed by atoms with van der Waals surface area (Å²) in [7, 11) is 1.44. The van der Waals surface area contributed by atoms with Gasteiger partial charge in [0, 0.05) is 11.3 Å². The molecule has 3 aromatic carbocycles. The summed E-state index contributed by atoms with van der Waals surface area (Å²) in [5.41, 5.74) is 1.13. The predicted octanol–water partition coefficient (Wildman–Crippen LogP) is 4.79. The molecule has 0 spiro atoms. The highest BCUT2D eigenvalue weighted by atomic mass is 19.1. The van der Waals surface area contributed by atoms with Crippen LogP contribution in [0, 0.1) is 18.6 Å². The highest BCUT2D eigenvalue weighted by Gasteiger charge is 2.18. The Morgan fingerprint density at radius 2 is 1.55 bits per heavy atom. The summed E-state index contributed by atoms with van der Waals surface area (Å²) in [6, 6.07) is 14.7. The van der Waals surface area contributed by atoms with Gasteiger partial charge in [0.25, 0.3) is 11.8 Å². The van der Waals surface area contributed by atoms with Crippen LogP contribution in [0.3, 0.4) is 0 Å². The molecule has 0 aliphatic rings. The van der Waals surface area contributed by atoms with Crippen LogP contribution in [-0.4, -0.2) is 18.9 Å². The molecular weight excluding hydrogens is 378 g/mol. The van der Waals surface area contributed by atoms with Gasteiger partial charge in [-0.1, -0.05) is 24.3 Å². The van der Waals surface area contributed by atoms with Gasteiger partial charge in [0.05, 0.1) is 12.8 Å². The highest BCUT2D eigenvalue weighted by molar-refractivity contribution is 6.07. The minimum atomic E-state index is -0.968. The van der Waals surface area contributed by atoms with Crippen LogP contribution in [0.15, 0.2) is 60.7 Å². The largest absolute Gasteiger partial charge is 0.495 e. The molecule has 0 bridgehead atoms. The van der Waals surface area contributed by atoms with Crippen LogP contribution < -0.4 is 15.4 Å². The molecule has 0 heterocycles. The van der Waals surface area contributed by atoms with E-state index in [9.17, 15) is 18.4 Å². The van der Waals surface area contributed by atoms with Crippen molar-refractivity contribution in [1.29, 1.82) is 0 Å². The lowest BCUT2D eigenvalue weighted by Crippen LogP contribution is -2.17. The first-order valence-electron chi connectivity index (χ1n) is 8.71. The smallest absolute Gasteiger partial charge is 0.261 e. The molecule has 2 amide bonds. The van der Waals surface area contributed by atoms with Crippen LogP contribution in [0.2, 0.25) is 0 Å². The molecule has 7 heteroatoms. The Bertz CT molecular complexity index is 1060. The molecule has 2 N–H and O–H groups in total. The number of methoxy groups -OCH3 is 1. The van der Waals surface area contributed by atoms with Gasteiger partial charge in [0.2, 0.25) is 0 Å². The van der Waals surface area contributed by atoms with Gasteiger partial charge in [-0.05, 0) is 48.9 Å². The Balaban J connectivity index is 1.86. The molecule has 3 rings (SSSR count). The summed E-state index contributed by atoms with van der Waals surface area (Å²) in [6.45, 7) is 1.81. The van der Waals surface area contributed by atoms with Crippen LogP contribution in [0.5, 0.6) is 5.75 Å². The van der Waals surface area contributed by atoms with Crippen molar-refractivity contribution >= 4 is 23.2 Å². The monoisotopic (exact) mass is 396 g/mol. The first kappa shape index (κ1) is 20.0. The second kappa shape index (κ2) is 8.52. The van der Waals surface area contributed by atoms with Crippen molar-refractivity contribution in [3.8, 4) is 5.75 Å². The SMILES string of the molecule is COc1ccc(NC(=O)c2c(F)cccc2F)cc1NC(=O)c1ccccc1C. The fourth-order valence-electron chi connectivity index (χ4n) is 2.81. The zero-order valence-electron chi connectivity index (χ0n) is 15.8. The fraction of sp³-hybridized carbons (Fsp3) is 0.0909. The number of hydrogen-bond donors (Lipinski definition) is 2. The van der Waals surface area contributed by atoms with Crippen molar-refractivity contribution in [3.05, 3.63) is 89.0 Å². The van der Waals surface area contributed by atoms with Crippen molar-refractivity contribution < 1.29 is 23.1 Å². The maximum Gasteiger partial charge on any atom is 0.261 e. The Hall–Kier alpha value is -3.74. The first-order valence-corrected chi connectivity index (χ1v) is 8.71. The summed E-state index contributed by atoms with van der Waals surface area (Å²) < 4.78 is 32.9. The van der Waals surface area contributed by atoms with E-state index in [4.69, 9.17) is 4.74 Å². The quantitative estimate of drug-likeness (QED) is 0.652. The Kier molecular flexibility index (Phi) is 5.87. The molecule has 0 aliphatic heterocycles. The Labute approximate surface area is 166 Å². The number of anilines is 2. The van der Waals surface area contributed by atoms with Gasteiger partial charge in [-0.2, -0.15) is 0 Å². The van der Waals surface area contributed by atoms with Crippen molar-refractivity contribution in [2.24, 2.45) is 0 Å². The van der Waals surface area contributed by atoms with E-state index in [1.165, 1.54) is 31.4 Å². The molecular formula is C22H18F2N2O3. The predicted molar refractivity (Wildman–Crippen MR) is 106 cm³/mol. The van der Waals surface area contributed by atoms with Gasteiger partial charge < -0.3 is 15.4 Å². The standard InChI is InChI=1S/C22H18F2N2O3/c1-13-6-3-4-7-15(13)21(27)26-18-12-14(10-11-19(18)29-2)25-22(28)20-16(23)8-5-9-17(20)24/h3-12H,1-2H3,(H,25,28)(H,26,27). The topological polar surface area (TPSA) is 67.4 Å². The summed E-state index contributed by atoms with van der Waals surface area (Å²) in [4.78, 5) is 24.9. The number of benzene rings is 3. The number of carbonyl (C=O) groups excluding carboxylic acids is 2. The molecule has 0 saturated heterocycles. The minimum Gasteiger partial charge on any atom is -0.495 e. The van der Waals surface area contributed by atoms with Gasteiger partial charge in [-0.15, -0.1) is 0 Å². The third-order valence-corrected chi connectivity index (χ3v) is 4.29. The molecule has 0 saturated carbocycles. The van der Waals surface area contributed by atoms with Crippen LogP contribution >= 0.6 is 0 Å². The van der Waals surface area contributed by atoms with E-state index in [1.54, 1.807) is 12.1 Å². The van der Waals surface area contributed by atoms with Crippen LogP contribution in [0.25, 0.3) is 0 Å². The number of carbonyl (C=O) groups is 2. The summed E-state index contributed by atoms with van der Waals surface area (Å²) >= 11 is 0. The molecule has 0 unspecified atom stereocenters. The lowest BCUT2D eigenvalue weighted by atomic mass is 10.1. The van der Waals surface area contributed by atoms with Crippen LogP contribution in [0.4, 0.5) is 20.2 Å². The number of amides is 2. The van der Waals surface area contributed by atoms with E-state index in [-0.39, 0.29) is 11.6 Å². The molecule has 0 aliphatic carbocycles. The highest BCUT2D eigenvalue weighted by Crippen LogP contribution is 2.29. The van der Waals surface area contributed by atoms with Crippen molar-refractivity contribution in [2.75, 3.05) is 17.7 Å². The number of halogens is 2. The average molecular weight is 396 g/mol. The number of ether oxygens (including phenoxy) is 1. The summed E-state index contributed by atoms with van der Waals surface area (Å²) in [5.74, 6) is -2.87. The third-order valence-electron chi connectivity index (χ3n) is 4.29. The molecule has 0 fully saturated rings. The fourth-order valence-corrected chi connectivity index (χ4v) is 2.81. The zero-order chi connectivity index (χ0) is 21.0. The van der Waals surface area contributed by atoms with E-state index in [0.717, 1.165) is 17.7 Å². The molecule has 148 valence electrons. The van der Waals surface area contributed by atoms with Gasteiger partial charge in [-0.3, -0.25) is 9.59 Å². The number of rotatable bonds is 5. The van der Waals surface area contributed by atoms with Crippen LogP contribution in [0.1, 0.15) is 26.3 Å². The zero-order valence-corrected chi connectivity index (χ0v) is 15.8. The number of hydrogen-bond acceptors (Lipinski definition) is 3. The van der Waals surface area contributed by atoms with Gasteiger partial charge in [0.15, 0.2) is 0 Å². The Morgan fingerprint density at radius 1 is 0.862 bits per heavy atom. The van der Waals surface area contributed by atoms with Crippen LogP contribution in [-0.2, 0) is 0 Å². The molecule has 0 aromatic heterocycles. The van der Waals surface area contributed by atoms with Gasteiger partial charge in [-0.25, -0.2) is 8.78 Å². The summed E-state index contributed by atoms with van der Waals surface area (Å²) in [5, 5.41) is 5.16. The average Bonchev–Trinajstić information content (AvgIpc) is 2.68. The second-order valence-electron chi connectivity index (χ2n) is 6.23. The lowest BCUT2D eigenvalue weighted by Gasteiger charge is -2.14. The van der Waals surface area contributed by atoms with Gasteiger partial charge in [0.1, 0.15) is 22.9 Å². The number of nitrogens with one attached hydrogen (secondary N) is 2. The lowest BCUT2D eigenvalue weighted by molar-refractivity contribution is 0.101. The van der Waals surface area contributed by atoms with E-state index in [0.29, 0.717) is 17.0 Å². The third kappa shape index (κ3) is 4.40. The van der Waals surface area contributed by atoms with E-state index < -0.39 is 23.1 Å². The minimum absolute atomic E-state index is 0.235. The van der Waals surface area contributed by atoms with E-state index in [2.05, 4.69) is 10.6 Å².